The number of halogens is 1. The van der Waals surface area contributed by atoms with Crippen molar-refractivity contribution in [2.75, 3.05) is 7.11 Å². The maximum absolute atomic E-state index is 14.3. The molecule has 0 amide bonds. The van der Waals surface area contributed by atoms with Gasteiger partial charge in [0.2, 0.25) is 5.88 Å². The van der Waals surface area contributed by atoms with Crippen molar-refractivity contribution >= 4 is 23.0 Å². The van der Waals surface area contributed by atoms with Crippen LogP contribution in [0.25, 0.3) is 11.0 Å². The topological polar surface area (TPSA) is 98.6 Å². The molecule has 1 N–H and O–H groups in total. The Morgan fingerprint density at radius 3 is 2.67 bits per heavy atom. The minimum atomic E-state index is -1.84. The van der Waals surface area contributed by atoms with E-state index >= 15 is 0 Å². The molecule has 0 radical (unpaired) electrons. The van der Waals surface area contributed by atoms with Gasteiger partial charge < -0.3 is 14.6 Å². The van der Waals surface area contributed by atoms with Crippen LogP contribution in [-0.4, -0.2) is 40.2 Å². The number of pyridine rings is 2. The Hall–Kier alpha value is -2.77. The van der Waals surface area contributed by atoms with Gasteiger partial charge in [-0.25, -0.2) is 9.37 Å². The minimum Gasteiger partial charge on any atom is -0.481 e. The molecule has 0 aliphatic heterocycles. The summed E-state index contributed by atoms with van der Waals surface area (Å²) in [6.07, 6.45) is 0.875. The van der Waals surface area contributed by atoms with Gasteiger partial charge in [0.05, 0.1) is 24.9 Å². The zero-order chi connectivity index (χ0) is 17.9. The van der Waals surface area contributed by atoms with Crippen LogP contribution in [-0.2, 0) is 14.3 Å². The molecule has 128 valence electrons. The first-order chi connectivity index (χ1) is 11.4. The first kappa shape index (κ1) is 17.6. The summed E-state index contributed by atoms with van der Waals surface area (Å²) in [4.78, 5) is 31.8. The summed E-state index contributed by atoms with van der Waals surface area (Å²) in [7, 11) is 1.37. The average Bonchev–Trinajstić information content (AvgIpc) is 2.56. The van der Waals surface area contributed by atoms with Crippen molar-refractivity contribution in [2.45, 2.75) is 32.3 Å². The highest BCUT2D eigenvalue weighted by Gasteiger charge is 2.35. The second-order valence-electron chi connectivity index (χ2n) is 5.17. The average molecular weight is 336 g/mol. The monoisotopic (exact) mass is 336 g/mol. The molecule has 0 saturated heterocycles. The van der Waals surface area contributed by atoms with E-state index in [1.165, 1.54) is 19.2 Å². The van der Waals surface area contributed by atoms with Gasteiger partial charge in [-0.2, -0.15) is 0 Å². The highest BCUT2D eigenvalue weighted by molar-refractivity contribution is 6.03. The number of ether oxygens (including phenoxy) is 2. The number of methoxy groups -OCH3 is 1. The predicted octanol–water partition coefficient (Wildman–Crippen LogP) is 2.29. The second kappa shape index (κ2) is 7.20. The first-order valence-corrected chi connectivity index (χ1v) is 7.31. The maximum Gasteiger partial charge on any atom is 0.325 e. The van der Waals surface area contributed by atoms with Gasteiger partial charge in [-0.15, -0.1) is 0 Å². The summed E-state index contributed by atoms with van der Waals surface area (Å²) < 4.78 is 24.4. The van der Waals surface area contributed by atoms with Crippen LogP contribution in [0.1, 0.15) is 31.7 Å². The van der Waals surface area contributed by atoms with Gasteiger partial charge in [0, 0.05) is 11.6 Å². The number of fused-ring (bicyclic) bond motifs is 1. The lowest BCUT2D eigenvalue weighted by molar-refractivity contribution is -0.157. The molecule has 0 aromatic carbocycles. The molecule has 2 atom stereocenters. The van der Waals surface area contributed by atoms with Crippen LogP contribution in [0.2, 0.25) is 0 Å². The third kappa shape index (κ3) is 3.42. The first-order valence-electron chi connectivity index (χ1n) is 7.31. The number of rotatable bonds is 6. The number of carboxylic acids is 1. The van der Waals surface area contributed by atoms with Crippen molar-refractivity contribution in [3.8, 4) is 5.88 Å². The fraction of sp³-hybridized carbons (Fsp3) is 0.375. The fourth-order valence-electron chi connectivity index (χ4n) is 2.13. The summed E-state index contributed by atoms with van der Waals surface area (Å²) in [5, 5.41) is 9.45. The Morgan fingerprint density at radius 2 is 2.08 bits per heavy atom. The largest absolute Gasteiger partial charge is 0.481 e. The smallest absolute Gasteiger partial charge is 0.325 e. The van der Waals surface area contributed by atoms with Crippen LogP contribution in [0.5, 0.6) is 5.88 Å². The summed E-state index contributed by atoms with van der Waals surface area (Å²) in [6.45, 7) is 3.40. The van der Waals surface area contributed by atoms with E-state index in [0.29, 0.717) is 6.42 Å². The number of esters is 1. The standard InChI is InChI=1S/C16H17FN2O5/c1-4-8(2)24-16(22)13(15(20)21)12-9(17)7-18-10-5-6-11(23-3)19-14(10)12/h5-8,13H,4H2,1-3H3,(H,20,21). The molecule has 0 fully saturated rings. The van der Waals surface area contributed by atoms with Crippen molar-refractivity contribution in [3.05, 3.63) is 29.7 Å². The quantitative estimate of drug-likeness (QED) is 0.638. The van der Waals surface area contributed by atoms with Gasteiger partial charge in [0.15, 0.2) is 5.92 Å². The number of aromatic nitrogens is 2. The molecule has 2 heterocycles. The van der Waals surface area contributed by atoms with E-state index in [9.17, 15) is 19.1 Å². The van der Waals surface area contributed by atoms with E-state index in [0.717, 1.165) is 6.20 Å². The molecule has 2 aromatic heterocycles. The van der Waals surface area contributed by atoms with Crippen molar-refractivity contribution < 1.29 is 28.6 Å². The van der Waals surface area contributed by atoms with Crippen molar-refractivity contribution in [3.63, 3.8) is 0 Å². The van der Waals surface area contributed by atoms with Crippen LogP contribution in [0.4, 0.5) is 4.39 Å². The third-order valence-corrected chi connectivity index (χ3v) is 3.55. The molecular weight excluding hydrogens is 319 g/mol. The Kier molecular flexibility index (Phi) is 5.28. The van der Waals surface area contributed by atoms with Crippen LogP contribution in [0, 0.1) is 5.82 Å². The molecule has 0 saturated carbocycles. The molecule has 0 aliphatic carbocycles. The highest BCUT2D eigenvalue weighted by atomic mass is 19.1. The summed E-state index contributed by atoms with van der Waals surface area (Å²) >= 11 is 0. The summed E-state index contributed by atoms with van der Waals surface area (Å²) in [5.41, 5.74) is -0.197. The van der Waals surface area contributed by atoms with Gasteiger partial charge in [-0.3, -0.25) is 14.6 Å². The normalized spacial score (nSPS) is 13.3. The molecule has 2 aromatic rings. The van der Waals surface area contributed by atoms with Crippen LogP contribution < -0.4 is 4.74 Å². The second-order valence-corrected chi connectivity index (χ2v) is 5.17. The molecule has 8 heteroatoms. The molecule has 0 bridgehead atoms. The molecular formula is C16H17FN2O5. The number of carbonyl (C=O) groups excluding carboxylic acids is 1. The predicted molar refractivity (Wildman–Crippen MR) is 82.3 cm³/mol. The Labute approximate surface area is 137 Å². The van der Waals surface area contributed by atoms with E-state index in [2.05, 4.69) is 9.97 Å². The molecule has 0 aliphatic rings. The van der Waals surface area contributed by atoms with Gasteiger partial charge in [-0.1, -0.05) is 6.92 Å². The zero-order valence-corrected chi connectivity index (χ0v) is 13.4. The molecule has 24 heavy (non-hydrogen) atoms. The van der Waals surface area contributed by atoms with Crippen LogP contribution >= 0.6 is 0 Å². The fourth-order valence-corrected chi connectivity index (χ4v) is 2.13. The molecule has 2 rings (SSSR count). The van der Waals surface area contributed by atoms with E-state index in [1.54, 1.807) is 13.8 Å². The lowest BCUT2D eigenvalue weighted by Gasteiger charge is -2.17. The highest BCUT2D eigenvalue weighted by Crippen LogP contribution is 2.29. The van der Waals surface area contributed by atoms with Gasteiger partial charge in [0.1, 0.15) is 11.3 Å². The summed E-state index contributed by atoms with van der Waals surface area (Å²) in [6, 6.07) is 3.01. The van der Waals surface area contributed by atoms with Crippen LogP contribution in [0.15, 0.2) is 18.3 Å². The zero-order valence-electron chi connectivity index (χ0n) is 13.4. The molecule has 2 unspecified atom stereocenters. The van der Waals surface area contributed by atoms with Gasteiger partial charge >= 0.3 is 11.9 Å². The number of hydrogen-bond donors (Lipinski definition) is 1. The van der Waals surface area contributed by atoms with Gasteiger partial charge in [0.25, 0.3) is 0 Å². The summed E-state index contributed by atoms with van der Waals surface area (Å²) in [5.74, 6) is -5.22. The molecule has 0 spiro atoms. The van der Waals surface area contributed by atoms with E-state index in [1.807, 2.05) is 0 Å². The SMILES string of the molecule is CCC(C)OC(=O)C(C(=O)O)c1c(F)cnc2ccc(OC)nc12. The number of carbonyl (C=O) groups is 2. The van der Waals surface area contributed by atoms with Crippen molar-refractivity contribution in [2.24, 2.45) is 0 Å². The van der Waals surface area contributed by atoms with Gasteiger partial charge in [-0.05, 0) is 19.4 Å². The maximum atomic E-state index is 14.3. The number of aliphatic carboxylic acids is 1. The minimum absolute atomic E-state index is 0.0529. The number of hydrogen-bond acceptors (Lipinski definition) is 6. The Bertz CT molecular complexity index is 780. The lowest BCUT2D eigenvalue weighted by Crippen LogP contribution is -2.28. The number of carboxylic acid groups (broad SMARTS) is 1. The molecule has 7 nitrogen and oxygen atoms in total. The van der Waals surface area contributed by atoms with Crippen LogP contribution in [0.3, 0.4) is 0 Å². The Morgan fingerprint density at radius 1 is 1.38 bits per heavy atom. The van der Waals surface area contributed by atoms with E-state index in [-0.39, 0.29) is 22.5 Å². The lowest BCUT2D eigenvalue weighted by atomic mass is 9.97. The van der Waals surface area contributed by atoms with Crippen molar-refractivity contribution in [1.29, 1.82) is 0 Å². The Balaban J connectivity index is 2.63. The van der Waals surface area contributed by atoms with E-state index < -0.39 is 29.8 Å². The van der Waals surface area contributed by atoms with Crippen molar-refractivity contribution in [1.82, 2.24) is 9.97 Å². The third-order valence-electron chi connectivity index (χ3n) is 3.55. The van der Waals surface area contributed by atoms with E-state index in [4.69, 9.17) is 9.47 Å². The number of nitrogens with zero attached hydrogens (tertiary/aromatic N) is 2.